The van der Waals surface area contributed by atoms with Gasteiger partial charge in [-0.1, -0.05) is 48.3 Å². The summed E-state index contributed by atoms with van der Waals surface area (Å²) in [6, 6.07) is 12.6. The maximum absolute atomic E-state index is 6.04. The lowest BCUT2D eigenvalue weighted by molar-refractivity contribution is 0.548. The molecule has 1 aliphatic rings. The Morgan fingerprint density at radius 1 is 1.06 bits per heavy atom. The van der Waals surface area contributed by atoms with Gasteiger partial charge in [0.05, 0.1) is 7.85 Å². The van der Waals surface area contributed by atoms with E-state index in [0.29, 0.717) is 0 Å². The Morgan fingerprint density at radius 2 is 1.94 bits per heavy atom. The number of hydrogen-bond donors (Lipinski definition) is 0. The second-order valence-corrected chi connectivity index (χ2v) is 4.83. The summed E-state index contributed by atoms with van der Waals surface area (Å²) >= 11 is 0. The van der Waals surface area contributed by atoms with Crippen molar-refractivity contribution >= 4 is 35.7 Å². The number of furan rings is 1. The molecule has 4 rings (SSSR count). The van der Waals surface area contributed by atoms with E-state index in [9.17, 15) is 0 Å². The highest BCUT2D eigenvalue weighted by molar-refractivity contribution is 6.14. The van der Waals surface area contributed by atoms with Crippen LogP contribution < -0.4 is 0 Å². The van der Waals surface area contributed by atoms with Gasteiger partial charge >= 0.3 is 0 Å². The quantitative estimate of drug-likeness (QED) is 0.529. The Labute approximate surface area is 107 Å². The molecule has 1 heterocycles. The third-order valence-electron chi connectivity index (χ3n) is 3.63. The van der Waals surface area contributed by atoms with E-state index in [-0.39, 0.29) is 5.82 Å². The molecule has 0 spiro atoms. The van der Waals surface area contributed by atoms with E-state index < -0.39 is 0 Å². The molecule has 84 valence electrons. The van der Waals surface area contributed by atoms with Crippen LogP contribution in [0.4, 0.5) is 0 Å². The van der Waals surface area contributed by atoms with Crippen molar-refractivity contribution in [3.8, 4) is 0 Å². The van der Waals surface area contributed by atoms with Crippen LogP contribution in [-0.2, 0) is 6.42 Å². The summed E-state index contributed by atoms with van der Waals surface area (Å²) < 4.78 is 6.04. The molecule has 0 aliphatic heterocycles. The van der Waals surface area contributed by atoms with Gasteiger partial charge in [-0.05, 0) is 11.5 Å². The molecule has 2 heteroatoms. The zero-order chi connectivity index (χ0) is 12.1. The predicted octanol–water partition coefficient (Wildman–Crippen LogP) is 4.11. The fourth-order valence-corrected chi connectivity index (χ4v) is 2.73. The molecule has 1 nitrogen and oxygen atoms in total. The minimum atomic E-state index is 0.0735. The molecule has 1 unspecified atom stereocenters. The van der Waals surface area contributed by atoms with Crippen LogP contribution >= 0.6 is 0 Å². The van der Waals surface area contributed by atoms with Crippen LogP contribution in [0.15, 0.2) is 46.9 Å². The van der Waals surface area contributed by atoms with Gasteiger partial charge in [-0.25, -0.2) is 0 Å². The Balaban J connectivity index is 2.13. The van der Waals surface area contributed by atoms with Crippen LogP contribution in [0.25, 0.3) is 27.8 Å². The molecular weight excluding hydrogens is 219 g/mol. The van der Waals surface area contributed by atoms with Crippen molar-refractivity contribution in [3.05, 3.63) is 53.8 Å². The van der Waals surface area contributed by atoms with Gasteiger partial charge < -0.3 is 4.42 Å². The molecule has 2 aromatic carbocycles. The molecule has 0 fully saturated rings. The highest BCUT2D eigenvalue weighted by Gasteiger charge is 2.18. The summed E-state index contributed by atoms with van der Waals surface area (Å²) in [6.07, 6.45) is 4.92. The van der Waals surface area contributed by atoms with E-state index in [1.807, 2.05) is 18.2 Å². The molecular formula is C16H11BO. The largest absolute Gasteiger partial charge is 0.460 e. The molecule has 1 aromatic heterocycles. The van der Waals surface area contributed by atoms with Crippen molar-refractivity contribution in [3.63, 3.8) is 0 Å². The van der Waals surface area contributed by atoms with E-state index in [2.05, 4.69) is 30.3 Å². The monoisotopic (exact) mass is 230 g/mol. The maximum atomic E-state index is 6.04. The van der Waals surface area contributed by atoms with Crippen LogP contribution in [0.2, 0.25) is 5.82 Å². The number of rotatable bonds is 0. The summed E-state index contributed by atoms with van der Waals surface area (Å²) in [7, 11) is 5.94. The van der Waals surface area contributed by atoms with Gasteiger partial charge in [-0.3, -0.25) is 0 Å². The second kappa shape index (κ2) is 3.52. The average Bonchev–Trinajstić information content (AvgIpc) is 2.76. The van der Waals surface area contributed by atoms with Crippen LogP contribution in [0.1, 0.15) is 11.3 Å². The summed E-state index contributed by atoms with van der Waals surface area (Å²) in [6.45, 7) is 0. The Morgan fingerprint density at radius 3 is 2.89 bits per heavy atom. The molecule has 0 saturated carbocycles. The van der Waals surface area contributed by atoms with Gasteiger partial charge in [0.25, 0.3) is 0 Å². The minimum absolute atomic E-state index is 0.0735. The third kappa shape index (κ3) is 1.29. The maximum Gasteiger partial charge on any atom is 0.142 e. The SMILES string of the molecule is [B]C1C=Cc2c(oc3c2ccc2ccccc23)C1. The molecule has 0 N–H and O–H groups in total. The van der Waals surface area contributed by atoms with Crippen molar-refractivity contribution in [2.45, 2.75) is 12.2 Å². The second-order valence-electron chi connectivity index (χ2n) is 4.83. The van der Waals surface area contributed by atoms with Gasteiger partial charge in [0, 0.05) is 22.8 Å². The molecule has 3 aromatic rings. The lowest BCUT2D eigenvalue weighted by atomic mass is 9.79. The summed E-state index contributed by atoms with van der Waals surface area (Å²) in [4.78, 5) is 0. The molecule has 1 atom stereocenters. The number of hydrogen-bond acceptors (Lipinski definition) is 1. The Hall–Kier alpha value is -1.96. The van der Waals surface area contributed by atoms with Crippen molar-refractivity contribution in [1.29, 1.82) is 0 Å². The Kier molecular flexibility index (Phi) is 1.96. The van der Waals surface area contributed by atoms with Gasteiger partial charge in [0.15, 0.2) is 0 Å². The summed E-state index contributed by atoms with van der Waals surface area (Å²) in [5, 5.41) is 3.57. The van der Waals surface area contributed by atoms with Crippen LogP contribution in [-0.4, -0.2) is 7.85 Å². The third-order valence-corrected chi connectivity index (χ3v) is 3.63. The standard InChI is InChI=1S/C16H11BO/c17-11-6-8-13-14-7-5-10-3-1-2-4-12(10)16(14)18-15(13)9-11/h1-8,11H,9H2. The van der Waals surface area contributed by atoms with Gasteiger partial charge in [-0.2, -0.15) is 0 Å². The van der Waals surface area contributed by atoms with E-state index >= 15 is 0 Å². The van der Waals surface area contributed by atoms with E-state index in [1.165, 1.54) is 21.7 Å². The first-order chi connectivity index (χ1) is 8.83. The first kappa shape index (κ1) is 10.0. The summed E-state index contributed by atoms with van der Waals surface area (Å²) in [5.74, 6) is 1.08. The molecule has 0 amide bonds. The first-order valence-corrected chi connectivity index (χ1v) is 6.20. The normalized spacial score (nSPS) is 18.3. The van der Waals surface area contributed by atoms with Crippen molar-refractivity contribution in [1.82, 2.24) is 0 Å². The van der Waals surface area contributed by atoms with Crippen LogP contribution in [0, 0.1) is 0 Å². The fraction of sp³-hybridized carbons (Fsp3) is 0.125. The zero-order valence-corrected chi connectivity index (χ0v) is 9.89. The molecule has 0 saturated heterocycles. The van der Waals surface area contributed by atoms with Gasteiger partial charge in [0.2, 0.25) is 0 Å². The molecule has 0 bridgehead atoms. The molecule has 1 aliphatic carbocycles. The predicted molar refractivity (Wildman–Crippen MR) is 76.0 cm³/mol. The van der Waals surface area contributed by atoms with E-state index in [4.69, 9.17) is 12.3 Å². The lowest BCUT2D eigenvalue weighted by Gasteiger charge is -2.09. The average molecular weight is 230 g/mol. The van der Waals surface area contributed by atoms with Crippen molar-refractivity contribution in [2.75, 3.05) is 0 Å². The number of fused-ring (bicyclic) bond motifs is 5. The molecule has 2 radical (unpaired) electrons. The van der Waals surface area contributed by atoms with Crippen LogP contribution in [0.5, 0.6) is 0 Å². The fourth-order valence-electron chi connectivity index (χ4n) is 2.73. The van der Waals surface area contributed by atoms with Crippen LogP contribution in [0.3, 0.4) is 0 Å². The summed E-state index contributed by atoms with van der Waals surface area (Å²) in [5.41, 5.74) is 2.18. The van der Waals surface area contributed by atoms with E-state index in [1.54, 1.807) is 0 Å². The highest BCUT2D eigenvalue weighted by atomic mass is 16.3. The van der Waals surface area contributed by atoms with Crippen molar-refractivity contribution < 1.29 is 4.42 Å². The van der Waals surface area contributed by atoms with Gasteiger partial charge in [0.1, 0.15) is 11.3 Å². The lowest BCUT2D eigenvalue weighted by Crippen LogP contribution is -1.98. The number of allylic oxidation sites excluding steroid dienone is 1. The Bertz CT molecular complexity index is 782. The topological polar surface area (TPSA) is 13.1 Å². The zero-order valence-electron chi connectivity index (χ0n) is 9.89. The molecule has 18 heavy (non-hydrogen) atoms. The van der Waals surface area contributed by atoms with E-state index in [0.717, 1.165) is 17.8 Å². The smallest absolute Gasteiger partial charge is 0.142 e. The highest BCUT2D eigenvalue weighted by Crippen LogP contribution is 2.36. The minimum Gasteiger partial charge on any atom is -0.460 e. The van der Waals surface area contributed by atoms with Crippen molar-refractivity contribution in [2.24, 2.45) is 0 Å². The first-order valence-electron chi connectivity index (χ1n) is 6.20. The van der Waals surface area contributed by atoms with Gasteiger partial charge in [-0.15, -0.1) is 0 Å². The number of benzene rings is 2.